The summed E-state index contributed by atoms with van der Waals surface area (Å²) in [6, 6.07) is 12.6. The summed E-state index contributed by atoms with van der Waals surface area (Å²) in [5.74, 6) is -2.88. The molecule has 1 aliphatic rings. The molecule has 1 aliphatic heterocycles. The van der Waals surface area contributed by atoms with E-state index in [0.29, 0.717) is 16.2 Å². The molecule has 0 aliphatic carbocycles. The van der Waals surface area contributed by atoms with Crippen molar-refractivity contribution in [1.82, 2.24) is 4.90 Å². The summed E-state index contributed by atoms with van der Waals surface area (Å²) in [7, 11) is 0. The van der Waals surface area contributed by atoms with Gasteiger partial charge in [-0.15, -0.1) is 0 Å². The fraction of sp³-hybridized carbons (Fsp3) is 0.250. The van der Waals surface area contributed by atoms with Crippen LogP contribution in [0.2, 0.25) is 5.02 Å². The van der Waals surface area contributed by atoms with Crippen LogP contribution in [0, 0.1) is 0 Å². The Balaban J connectivity index is 1.59. The molecule has 1 saturated heterocycles. The van der Waals surface area contributed by atoms with E-state index in [4.69, 9.17) is 16.0 Å². The third-order valence-electron chi connectivity index (χ3n) is 4.76. The molecule has 2 aromatic carbocycles. The molecule has 1 fully saturated rings. The summed E-state index contributed by atoms with van der Waals surface area (Å²) >= 11 is 6.15. The molecule has 0 radical (unpaired) electrons. The second-order valence-corrected chi connectivity index (χ2v) is 6.95. The highest BCUT2D eigenvalue weighted by molar-refractivity contribution is 6.31. The van der Waals surface area contributed by atoms with Gasteiger partial charge in [-0.25, -0.2) is 8.78 Å². The Morgan fingerprint density at radius 1 is 1.08 bits per heavy atom. The number of hydrogen-bond acceptors (Lipinski definition) is 2. The average molecular weight is 376 g/mol. The monoisotopic (exact) mass is 375 g/mol. The van der Waals surface area contributed by atoms with Crippen LogP contribution in [0.5, 0.6) is 0 Å². The molecular formula is C20H16ClF2NO2. The largest absolute Gasteiger partial charge is 0.464 e. The molecule has 1 aromatic heterocycles. The minimum Gasteiger partial charge on any atom is -0.464 e. The van der Waals surface area contributed by atoms with E-state index < -0.39 is 5.92 Å². The molecule has 0 spiro atoms. The number of piperidine rings is 1. The number of furan rings is 1. The van der Waals surface area contributed by atoms with Gasteiger partial charge in [0, 0.05) is 48.0 Å². The van der Waals surface area contributed by atoms with E-state index in [2.05, 4.69) is 0 Å². The van der Waals surface area contributed by atoms with Crippen LogP contribution < -0.4 is 0 Å². The lowest BCUT2D eigenvalue weighted by Gasteiger charge is -2.31. The number of amides is 1. The molecule has 3 nitrogen and oxygen atoms in total. The number of carbonyl (C=O) groups is 1. The quantitative estimate of drug-likeness (QED) is 0.582. The van der Waals surface area contributed by atoms with Crippen molar-refractivity contribution in [1.29, 1.82) is 0 Å². The van der Waals surface area contributed by atoms with Gasteiger partial charge < -0.3 is 9.32 Å². The van der Waals surface area contributed by atoms with Gasteiger partial charge in [0.25, 0.3) is 11.8 Å². The summed E-state index contributed by atoms with van der Waals surface area (Å²) in [5, 5.41) is 1.50. The van der Waals surface area contributed by atoms with Gasteiger partial charge >= 0.3 is 0 Å². The number of fused-ring (bicyclic) bond motifs is 1. The number of alkyl halides is 2. The summed E-state index contributed by atoms with van der Waals surface area (Å²) in [6.45, 7) is 0.162. The Hall–Kier alpha value is -2.40. The van der Waals surface area contributed by atoms with Gasteiger partial charge in [0.15, 0.2) is 0 Å². The van der Waals surface area contributed by atoms with Crippen molar-refractivity contribution in [2.24, 2.45) is 0 Å². The Morgan fingerprint density at radius 2 is 1.77 bits per heavy atom. The van der Waals surface area contributed by atoms with Crippen molar-refractivity contribution < 1.29 is 18.0 Å². The lowest BCUT2D eigenvalue weighted by molar-refractivity contribution is -0.0494. The first-order chi connectivity index (χ1) is 12.4. The maximum Gasteiger partial charge on any atom is 0.253 e. The maximum absolute atomic E-state index is 13.3. The Kier molecular flexibility index (Phi) is 4.19. The van der Waals surface area contributed by atoms with Crippen molar-refractivity contribution in [2.75, 3.05) is 13.1 Å². The average Bonchev–Trinajstić information content (AvgIpc) is 3.09. The molecule has 3 aromatic rings. The Labute approximate surface area is 154 Å². The van der Waals surface area contributed by atoms with Gasteiger partial charge in [0.2, 0.25) is 0 Å². The summed E-state index contributed by atoms with van der Waals surface area (Å²) in [5.41, 5.74) is 3.00. The number of benzene rings is 2. The lowest BCUT2D eigenvalue weighted by Crippen LogP contribution is -2.42. The van der Waals surface area contributed by atoms with Gasteiger partial charge in [0.05, 0.1) is 6.26 Å². The first-order valence-corrected chi connectivity index (χ1v) is 8.75. The third kappa shape index (κ3) is 3.19. The SMILES string of the molecule is O=C(c1ccc(-c2cc(Cl)cc3occc23)cc1)N1CCC(F)(F)CC1. The van der Waals surface area contributed by atoms with Gasteiger partial charge in [-0.1, -0.05) is 23.7 Å². The first-order valence-electron chi connectivity index (χ1n) is 8.37. The molecule has 4 rings (SSSR count). The van der Waals surface area contributed by atoms with Crippen LogP contribution in [0.15, 0.2) is 53.1 Å². The second-order valence-electron chi connectivity index (χ2n) is 6.51. The molecule has 0 unspecified atom stereocenters. The van der Waals surface area contributed by atoms with Gasteiger partial charge in [-0.2, -0.15) is 0 Å². The normalized spacial score (nSPS) is 16.8. The smallest absolute Gasteiger partial charge is 0.253 e. The number of halogens is 3. The van der Waals surface area contributed by atoms with E-state index in [1.807, 2.05) is 24.3 Å². The van der Waals surface area contributed by atoms with E-state index in [9.17, 15) is 13.6 Å². The third-order valence-corrected chi connectivity index (χ3v) is 4.98. The zero-order chi connectivity index (χ0) is 18.3. The molecular weight excluding hydrogens is 360 g/mol. The predicted octanol–water partition coefficient (Wildman–Crippen LogP) is 5.62. The van der Waals surface area contributed by atoms with Crippen LogP contribution in [0.3, 0.4) is 0 Å². The highest BCUT2D eigenvalue weighted by Crippen LogP contribution is 2.33. The fourth-order valence-electron chi connectivity index (χ4n) is 3.29. The highest BCUT2D eigenvalue weighted by atomic mass is 35.5. The van der Waals surface area contributed by atoms with Gasteiger partial charge in [-0.05, 0) is 35.4 Å². The zero-order valence-electron chi connectivity index (χ0n) is 13.8. The van der Waals surface area contributed by atoms with Crippen LogP contribution in [-0.2, 0) is 0 Å². The van der Waals surface area contributed by atoms with Crippen molar-refractivity contribution in [3.63, 3.8) is 0 Å². The van der Waals surface area contributed by atoms with Crippen molar-refractivity contribution >= 4 is 28.5 Å². The van der Waals surface area contributed by atoms with E-state index >= 15 is 0 Å². The van der Waals surface area contributed by atoms with E-state index in [-0.39, 0.29) is 31.8 Å². The number of nitrogens with zero attached hydrogens (tertiary/aromatic N) is 1. The standard InChI is InChI=1S/C20H16ClF2NO2/c21-15-11-17(16-5-10-26-18(16)12-15)13-1-3-14(4-2-13)19(25)24-8-6-20(22,23)7-9-24/h1-5,10-12H,6-9H2. The number of likely N-dealkylation sites (tertiary alicyclic amines) is 1. The highest BCUT2D eigenvalue weighted by Gasteiger charge is 2.35. The first kappa shape index (κ1) is 17.0. The number of hydrogen-bond donors (Lipinski definition) is 0. The van der Waals surface area contributed by atoms with Gasteiger partial charge in [0.1, 0.15) is 5.58 Å². The fourth-order valence-corrected chi connectivity index (χ4v) is 3.50. The minimum absolute atomic E-state index is 0.0809. The molecule has 0 N–H and O–H groups in total. The molecule has 26 heavy (non-hydrogen) atoms. The topological polar surface area (TPSA) is 33.5 Å². The molecule has 1 amide bonds. The van der Waals surface area contributed by atoms with Crippen LogP contribution >= 0.6 is 11.6 Å². The van der Waals surface area contributed by atoms with Crippen LogP contribution in [0.4, 0.5) is 8.78 Å². The predicted molar refractivity (Wildman–Crippen MR) is 96.7 cm³/mol. The van der Waals surface area contributed by atoms with Crippen molar-refractivity contribution in [3.05, 3.63) is 59.3 Å². The molecule has 2 heterocycles. The Morgan fingerprint density at radius 3 is 2.46 bits per heavy atom. The van der Waals surface area contributed by atoms with E-state index in [1.165, 1.54) is 4.90 Å². The van der Waals surface area contributed by atoms with Crippen LogP contribution in [0.25, 0.3) is 22.1 Å². The molecule has 0 saturated carbocycles. The molecule has 0 atom stereocenters. The number of carbonyl (C=O) groups excluding carboxylic acids is 1. The van der Waals surface area contributed by atoms with Gasteiger partial charge in [-0.3, -0.25) is 4.79 Å². The molecule has 0 bridgehead atoms. The van der Waals surface area contributed by atoms with E-state index in [0.717, 1.165) is 16.5 Å². The summed E-state index contributed by atoms with van der Waals surface area (Å²) < 4.78 is 31.9. The van der Waals surface area contributed by atoms with Crippen LogP contribution in [0.1, 0.15) is 23.2 Å². The lowest BCUT2D eigenvalue weighted by atomic mass is 10.00. The van der Waals surface area contributed by atoms with Crippen molar-refractivity contribution in [3.8, 4) is 11.1 Å². The Bertz CT molecular complexity index is 956. The van der Waals surface area contributed by atoms with E-state index in [1.54, 1.807) is 24.5 Å². The minimum atomic E-state index is -2.66. The second kappa shape index (κ2) is 6.40. The van der Waals surface area contributed by atoms with Crippen LogP contribution in [-0.4, -0.2) is 29.8 Å². The van der Waals surface area contributed by atoms with Crippen molar-refractivity contribution in [2.45, 2.75) is 18.8 Å². The maximum atomic E-state index is 13.3. The summed E-state index contributed by atoms with van der Waals surface area (Å²) in [6.07, 6.45) is 1.05. The summed E-state index contributed by atoms with van der Waals surface area (Å²) in [4.78, 5) is 14.0. The molecule has 134 valence electrons. The zero-order valence-corrected chi connectivity index (χ0v) is 14.6. The number of rotatable bonds is 2. The molecule has 6 heteroatoms.